The first-order chi connectivity index (χ1) is 9.73. The van der Waals surface area contributed by atoms with Crippen molar-refractivity contribution in [1.82, 2.24) is 9.46 Å². The van der Waals surface area contributed by atoms with E-state index >= 15 is 0 Å². The van der Waals surface area contributed by atoms with Crippen molar-refractivity contribution in [2.24, 2.45) is 0 Å². The van der Waals surface area contributed by atoms with Gasteiger partial charge in [0.1, 0.15) is 10.7 Å². The molecule has 2 aromatic rings. The Bertz CT molecular complexity index is 751. The molecular weight excluding hydrogens is 314 g/mol. The quantitative estimate of drug-likeness (QED) is 0.870. The first kappa shape index (κ1) is 15.8. The van der Waals surface area contributed by atoms with Gasteiger partial charge in [0.25, 0.3) is 0 Å². The number of nitrogen functional groups attached to an aromatic ring is 1. The van der Waals surface area contributed by atoms with Crippen molar-refractivity contribution in [2.75, 3.05) is 12.8 Å². The number of rotatable bonds is 4. The van der Waals surface area contributed by atoms with Gasteiger partial charge in [0.2, 0.25) is 10.0 Å². The summed E-state index contributed by atoms with van der Waals surface area (Å²) in [6.07, 6.45) is 0. The number of nitrogens with zero attached hydrogens (tertiary/aromatic N) is 2. The highest BCUT2D eigenvalue weighted by molar-refractivity contribution is 7.89. The zero-order valence-electron chi connectivity index (χ0n) is 11.9. The highest BCUT2D eigenvalue weighted by atomic mass is 35.5. The molecule has 0 aliphatic carbocycles. The maximum Gasteiger partial charge on any atom is 0.245 e. The molecule has 6 nitrogen and oxygen atoms in total. The van der Waals surface area contributed by atoms with Crippen LogP contribution in [0.15, 0.2) is 27.6 Å². The van der Waals surface area contributed by atoms with E-state index in [4.69, 9.17) is 21.9 Å². The normalized spacial score (nSPS) is 12.0. The Morgan fingerprint density at radius 3 is 2.57 bits per heavy atom. The lowest BCUT2D eigenvalue weighted by molar-refractivity contribution is 0.390. The average molecular weight is 330 g/mol. The number of halogens is 1. The number of nitrogens with two attached hydrogens (primary N) is 1. The molecule has 1 aromatic carbocycles. The van der Waals surface area contributed by atoms with Gasteiger partial charge < -0.3 is 10.3 Å². The van der Waals surface area contributed by atoms with Gasteiger partial charge >= 0.3 is 0 Å². The lowest BCUT2D eigenvalue weighted by Gasteiger charge is -2.18. The number of anilines is 1. The van der Waals surface area contributed by atoms with Gasteiger partial charge in [-0.2, -0.15) is 4.31 Å². The predicted octanol–water partition coefficient (Wildman–Crippen LogP) is 2.35. The lowest BCUT2D eigenvalue weighted by atomic mass is 10.2. The van der Waals surface area contributed by atoms with Crippen LogP contribution in [0.1, 0.15) is 17.0 Å². The van der Waals surface area contributed by atoms with Crippen LogP contribution < -0.4 is 5.73 Å². The molecule has 0 fully saturated rings. The van der Waals surface area contributed by atoms with E-state index in [2.05, 4.69) is 5.16 Å². The van der Waals surface area contributed by atoms with Gasteiger partial charge in [-0.1, -0.05) is 16.8 Å². The van der Waals surface area contributed by atoms with E-state index < -0.39 is 10.0 Å². The summed E-state index contributed by atoms with van der Waals surface area (Å²) in [5.41, 5.74) is 7.29. The summed E-state index contributed by atoms with van der Waals surface area (Å²) >= 11 is 5.79. The van der Waals surface area contributed by atoms with Crippen LogP contribution in [-0.4, -0.2) is 24.9 Å². The lowest BCUT2D eigenvalue weighted by Crippen LogP contribution is -2.27. The number of sulfonamides is 1. The van der Waals surface area contributed by atoms with Crippen LogP contribution in [0, 0.1) is 13.8 Å². The van der Waals surface area contributed by atoms with E-state index in [0.717, 1.165) is 5.56 Å². The Morgan fingerprint density at radius 1 is 1.38 bits per heavy atom. The SMILES string of the molecule is Cc1noc(C)c1CN(C)S(=O)(=O)c1ccc(Cl)cc1N. The Kier molecular flexibility index (Phi) is 4.27. The molecule has 21 heavy (non-hydrogen) atoms. The van der Waals surface area contributed by atoms with Crippen LogP contribution >= 0.6 is 11.6 Å². The highest BCUT2D eigenvalue weighted by Gasteiger charge is 2.25. The third-order valence-corrected chi connectivity index (χ3v) is 5.33. The largest absolute Gasteiger partial charge is 0.398 e. The van der Waals surface area contributed by atoms with Gasteiger partial charge in [0, 0.05) is 24.2 Å². The van der Waals surface area contributed by atoms with Crippen LogP contribution in [-0.2, 0) is 16.6 Å². The van der Waals surface area contributed by atoms with E-state index in [1.54, 1.807) is 13.8 Å². The summed E-state index contributed by atoms with van der Waals surface area (Å²) in [7, 11) is -2.23. The monoisotopic (exact) mass is 329 g/mol. The second kappa shape index (κ2) is 5.67. The molecule has 0 spiro atoms. The van der Waals surface area contributed by atoms with Crippen molar-refractivity contribution in [1.29, 1.82) is 0 Å². The van der Waals surface area contributed by atoms with E-state index in [0.29, 0.717) is 16.5 Å². The zero-order valence-corrected chi connectivity index (χ0v) is 13.5. The molecule has 0 saturated carbocycles. The molecule has 0 unspecified atom stereocenters. The smallest absolute Gasteiger partial charge is 0.245 e. The minimum atomic E-state index is -3.72. The first-order valence-corrected chi connectivity index (χ1v) is 7.98. The molecule has 1 heterocycles. The van der Waals surface area contributed by atoms with Crippen molar-refractivity contribution in [3.8, 4) is 0 Å². The molecule has 8 heteroatoms. The molecule has 0 aliphatic rings. The molecule has 0 saturated heterocycles. The molecule has 0 amide bonds. The van der Waals surface area contributed by atoms with Crippen molar-refractivity contribution < 1.29 is 12.9 Å². The first-order valence-electron chi connectivity index (χ1n) is 6.16. The van der Waals surface area contributed by atoms with Gasteiger partial charge in [0.05, 0.1) is 11.4 Å². The van der Waals surface area contributed by atoms with E-state index in [-0.39, 0.29) is 17.1 Å². The number of hydrogen-bond donors (Lipinski definition) is 1. The fraction of sp³-hybridized carbons (Fsp3) is 0.308. The van der Waals surface area contributed by atoms with E-state index in [1.165, 1.54) is 29.6 Å². The minimum Gasteiger partial charge on any atom is -0.398 e. The molecule has 2 N–H and O–H groups in total. The van der Waals surface area contributed by atoms with Crippen LogP contribution in [0.3, 0.4) is 0 Å². The van der Waals surface area contributed by atoms with Crippen molar-refractivity contribution >= 4 is 27.3 Å². The Morgan fingerprint density at radius 2 is 2.05 bits per heavy atom. The van der Waals surface area contributed by atoms with Crippen molar-refractivity contribution in [3.05, 3.63) is 40.2 Å². The topological polar surface area (TPSA) is 89.4 Å². The number of aryl methyl sites for hydroxylation is 2. The van der Waals surface area contributed by atoms with Crippen LogP contribution in [0.4, 0.5) is 5.69 Å². The summed E-state index contributed by atoms with van der Waals surface area (Å²) in [6.45, 7) is 3.67. The van der Waals surface area contributed by atoms with E-state index in [9.17, 15) is 8.42 Å². The highest BCUT2D eigenvalue weighted by Crippen LogP contribution is 2.26. The Hall–Kier alpha value is -1.57. The molecule has 0 aliphatic heterocycles. The molecule has 114 valence electrons. The number of hydrogen-bond acceptors (Lipinski definition) is 5. The number of benzene rings is 1. The van der Waals surface area contributed by atoms with Crippen LogP contribution in [0.25, 0.3) is 0 Å². The van der Waals surface area contributed by atoms with Gasteiger partial charge in [0.15, 0.2) is 0 Å². The van der Waals surface area contributed by atoms with Crippen LogP contribution in [0.5, 0.6) is 0 Å². The van der Waals surface area contributed by atoms with Crippen LogP contribution in [0.2, 0.25) is 5.02 Å². The van der Waals surface area contributed by atoms with Gasteiger partial charge in [-0.05, 0) is 32.0 Å². The van der Waals surface area contributed by atoms with Crippen molar-refractivity contribution in [2.45, 2.75) is 25.3 Å². The number of aromatic nitrogens is 1. The Balaban J connectivity index is 2.35. The Labute approximate surface area is 128 Å². The van der Waals surface area contributed by atoms with Crippen molar-refractivity contribution in [3.63, 3.8) is 0 Å². The zero-order chi connectivity index (χ0) is 15.8. The summed E-state index contributed by atoms with van der Waals surface area (Å²) in [6, 6.07) is 4.31. The third-order valence-electron chi connectivity index (χ3n) is 3.22. The fourth-order valence-electron chi connectivity index (χ4n) is 1.96. The second-order valence-electron chi connectivity index (χ2n) is 4.75. The summed E-state index contributed by atoms with van der Waals surface area (Å²) < 4.78 is 31.4. The average Bonchev–Trinajstić information content (AvgIpc) is 2.70. The van der Waals surface area contributed by atoms with Gasteiger partial charge in [-0.25, -0.2) is 8.42 Å². The summed E-state index contributed by atoms with van der Waals surface area (Å²) in [4.78, 5) is 0.0289. The second-order valence-corrected chi connectivity index (χ2v) is 7.20. The molecule has 0 bridgehead atoms. The third kappa shape index (κ3) is 3.04. The minimum absolute atomic E-state index is 0.0289. The summed E-state index contributed by atoms with van der Waals surface area (Å²) in [5.74, 6) is 0.596. The van der Waals surface area contributed by atoms with E-state index in [1.807, 2.05) is 0 Å². The standard InChI is InChI=1S/C13H16ClN3O3S/c1-8-11(9(2)20-16-8)7-17(3)21(18,19)13-5-4-10(14)6-12(13)15/h4-6H,7,15H2,1-3H3. The van der Waals surface area contributed by atoms with Gasteiger partial charge in [-0.15, -0.1) is 0 Å². The predicted molar refractivity (Wildman–Crippen MR) is 80.5 cm³/mol. The fourth-order valence-corrected chi connectivity index (χ4v) is 3.37. The molecular formula is C13H16ClN3O3S. The van der Waals surface area contributed by atoms with Gasteiger partial charge in [-0.3, -0.25) is 0 Å². The maximum atomic E-state index is 12.6. The molecule has 0 atom stereocenters. The molecule has 1 aromatic heterocycles. The molecule has 2 rings (SSSR count). The maximum absolute atomic E-state index is 12.6. The summed E-state index contributed by atoms with van der Waals surface area (Å²) in [5, 5.41) is 4.20. The molecule has 0 radical (unpaired) electrons.